The normalized spacial score (nSPS) is 24.6. The molecule has 120 valence electrons. The Balaban J connectivity index is 2.17. The van der Waals surface area contributed by atoms with Gasteiger partial charge in [-0.25, -0.2) is 13.6 Å². The quantitative estimate of drug-likeness (QED) is 0.753. The lowest BCUT2D eigenvalue weighted by Gasteiger charge is -2.44. The van der Waals surface area contributed by atoms with E-state index < -0.39 is 15.7 Å². The number of nitrogens with zero attached hydrogens (tertiary/aromatic N) is 1. The molecule has 8 heteroatoms. The van der Waals surface area contributed by atoms with E-state index in [-0.39, 0.29) is 4.90 Å². The Morgan fingerprint density at radius 3 is 2.91 bits per heavy atom. The summed E-state index contributed by atoms with van der Waals surface area (Å²) in [7, 11) is -3.76. The van der Waals surface area contributed by atoms with Gasteiger partial charge in [0.05, 0.1) is 11.1 Å². The molecule has 2 heterocycles. The van der Waals surface area contributed by atoms with Gasteiger partial charge in [-0.1, -0.05) is 25.5 Å². The standard InChI is InChI=1S/C14H20N4O3S/c1-2-7-14(18-17-9-10-21-18)12-4-3-5-13(22(15,19)20)11(12)6-8-16-14/h3-5,9-10,16-17H,2,6-8H2,1H3,(H2,15,19,20). The summed E-state index contributed by atoms with van der Waals surface area (Å²) in [5, 5.41) is 10.5. The Bertz CT molecular complexity index is 696. The predicted molar refractivity (Wildman–Crippen MR) is 81.3 cm³/mol. The fraction of sp³-hybridized carbons (Fsp3) is 0.429. The van der Waals surface area contributed by atoms with Gasteiger partial charge in [-0.2, -0.15) is 0 Å². The first kappa shape index (κ1) is 15.3. The second-order valence-electron chi connectivity index (χ2n) is 5.45. The summed E-state index contributed by atoms with van der Waals surface area (Å²) in [6.07, 6.45) is 5.50. The maximum Gasteiger partial charge on any atom is 0.238 e. The fourth-order valence-electron chi connectivity index (χ4n) is 3.25. The van der Waals surface area contributed by atoms with Gasteiger partial charge in [0, 0.05) is 6.54 Å². The van der Waals surface area contributed by atoms with Crippen LogP contribution in [0.2, 0.25) is 0 Å². The molecule has 7 nitrogen and oxygen atoms in total. The van der Waals surface area contributed by atoms with Crippen molar-refractivity contribution < 1.29 is 13.3 Å². The number of hydrazine groups is 1. The van der Waals surface area contributed by atoms with Crippen molar-refractivity contribution in [3.8, 4) is 0 Å². The number of hydroxylamine groups is 1. The van der Waals surface area contributed by atoms with Crippen LogP contribution in [0.4, 0.5) is 0 Å². The first-order valence-corrected chi connectivity index (χ1v) is 8.82. The third-order valence-corrected chi connectivity index (χ3v) is 5.06. The van der Waals surface area contributed by atoms with E-state index in [2.05, 4.69) is 17.7 Å². The van der Waals surface area contributed by atoms with Crippen molar-refractivity contribution in [3.05, 3.63) is 41.8 Å². The zero-order chi connectivity index (χ0) is 15.8. The lowest BCUT2D eigenvalue weighted by Crippen LogP contribution is -2.60. The molecule has 1 unspecified atom stereocenters. The predicted octanol–water partition coefficient (Wildman–Crippen LogP) is 0.656. The van der Waals surface area contributed by atoms with Crippen molar-refractivity contribution in [2.75, 3.05) is 6.54 Å². The number of nitrogens with one attached hydrogen (secondary N) is 2. The van der Waals surface area contributed by atoms with Crippen LogP contribution >= 0.6 is 0 Å². The molecule has 0 radical (unpaired) electrons. The molecule has 0 aliphatic carbocycles. The molecule has 0 aromatic heterocycles. The van der Waals surface area contributed by atoms with Gasteiger partial charge in [-0.05, 0) is 35.2 Å². The van der Waals surface area contributed by atoms with Gasteiger partial charge in [0.25, 0.3) is 0 Å². The van der Waals surface area contributed by atoms with Gasteiger partial charge >= 0.3 is 0 Å². The van der Waals surface area contributed by atoms with Gasteiger partial charge in [-0.3, -0.25) is 10.7 Å². The summed E-state index contributed by atoms with van der Waals surface area (Å²) in [5.41, 5.74) is 4.04. The molecule has 1 atom stereocenters. The highest BCUT2D eigenvalue weighted by Crippen LogP contribution is 2.38. The topological polar surface area (TPSA) is 96.7 Å². The van der Waals surface area contributed by atoms with Gasteiger partial charge in [0.2, 0.25) is 10.0 Å². The van der Waals surface area contributed by atoms with Gasteiger partial charge < -0.3 is 4.84 Å². The second-order valence-corrected chi connectivity index (χ2v) is 6.98. The molecule has 3 rings (SSSR count). The number of hydrogen-bond donors (Lipinski definition) is 3. The summed E-state index contributed by atoms with van der Waals surface area (Å²) in [5.74, 6) is 0. The second kappa shape index (κ2) is 5.54. The highest BCUT2D eigenvalue weighted by atomic mass is 32.2. The molecule has 2 aliphatic rings. The monoisotopic (exact) mass is 324 g/mol. The number of fused-ring (bicyclic) bond motifs is 1. The number of sulfonamides is 1. The van der Waals surface area contributed by atoms with E-state index in [0.29, 0.717) is 13.0 Å². The van der Waals surface area contributed by atoms with Crippen molar-refractivity contribution in [2.45, 2.75) is 36.7 Å². The molecule has 0 amide bonds. The van der Waals surface area contributed by atoms with Crippen molar-refractivity contribution in [3.63, 3.8) is 0 Å². The zero-order valence-electron chi connectivity index (χ0n) is 12.4. The van der Waals surface area contributed by atoms with Crippen LogP contribution in [0.5, 0.6) is 0 Å². The molecule has 1 aromatic rings. The summed E-state index contributed by atoms with van der Waals surface area (Å²) >= 11 is 0. The van der Waals surface area contributed by atoms with E-state index in [1.807, 2.05) is 6.07 Å². The van der Waals surface area contributed by atoms with E-state index in [9.17, 15) is 8.42 Å². The van der Waals surface area contributed by atoms with Crippen LogP contribution in [0.1, 0.15) is 30.9 Å². The lowest BCUT2D eigenvalue weighted by molar-refractivity contribution is -0.214. The van der Waals surface area contributed by atoms with E-state index in [1.54, 1.807) is 29.8 Å². The third kappa shape index (κ3) is 2.38. The molecule has 0 saturated carbocycles. The molecular weight excluding hydrogens is 304 g/mol. The zero-order valence-corrected chi connectivity index (χ0v) is 13.2. The van der Waals surface area contributed by atoms with Crippen molar-refractivity contribution in [1.29, 1.82) is 0 Å². The Labute approximate surface area is 130 Å². The van der Waals surface area contributed by atoms with Crippen LogP contribution in [0, 0.1) is 0 Å². The van der Waals surface area contributed by atoms with Crippen LogP contribution in [-0.2, 0) is 26.9 Å². The summed E-state index contributed by atoms with van der Waals surface area (Å²) < 4.78 is 23.8. The minimum Gasteiger partial charge on any atom is -0.390 e. The molecule has 0 bridgehead atoms. The van der Waals surface area contributed by atoms with Crippen LogP contribution in [-0.4, -0.2) is 20.1 Å². The molecule has 1 aromatic carbocycles. The molecule has 0 spiro atoms. The number of rotatable bonds is 4. The average Bonchev–Trinajstić information content (AvgIpc) is 3.01. The fourth-order valence-corrected chi connectivity index (χ4v) is 4.08. The maximum atomic E-state index is 11.9. The number of hydrogen-bond acceptors (Lipinski definition) is 6. The molecular formula is C14H20N4O3S. The lowest BCUT2D eigenvalue weighted by atomic mass is 9.86. The van der Waals surface area contributed by atoms with Gasteiger partial charge in [0.1, 0.15) is 6.26 Å². The molecule has 2 aliphatic heterocycles. The van der Waals surface area contributed by atoms with Crippen LogP contribution < -0.4 is 15.9 Å². The minimum atomic E-state index is -3.76. The van der Waals surface area contributed by atoms with Crippen molar-refractivity contribution >= 4 is 10.0 Å². The number of benzene rings is 1. The van der Waals surface area contributed by atoms with E-state index in [0.717, 1.165) is 24.0 Å². The van der Waals surface area contributed by atoms with Gasteiger partial charge in [-0.15, -0.1) is 0 Å². The smallest absolute Gasteiger partial charge is 0.238 e. The largest absolute Gasteiger partial charge is 0.390 e. The molecule has 0 saturated heterocycles. The van der Waals surface area contributed by atoms with Crippen LogP contribution in [0.25, 0.3) is 0 Å². The van der Waals surface area contributed by atoms with Crippen molar-refractivity contribution in [1.82, 2.24) is 15.9 Å². The molecule has 4 N–H and O–H groups in total. The minimum absolute atomic E-state index is 0.194. The van der Waals surface area contributed by atoms with Crippen LogP contribution in [0.15, 0.2) is 35.6 Å². The summed E-state index contributed by atoms with van der Waals surface area (Å²) in [4.78, 5) is 5.72. The van der Waals surface area contributed by atoms with Gasteiger partial charge in [0.15, 0.2) is 5.66 Å². The molecule has 0 fully saturated rings. The third-order valence-electron chi connectivity index (χ3n) is 4.06. The average molecular weight is 324 g/mol. The molecule has 22 heavy (non-hydrogen) atoms. The number of primary sulfonamides is 1. The SMILES string of the molecule is CCCC1(N2NC=CO2)NCCc2c1cccc2S(N)(=O)=O. The first-order valence-electron chi connectivity index (χ1n) is 7.27. The highest BCUT2D eigenvalue weighted by Gasteiger charge is 2.45. The Kier molecular flexibility index (Phi) is 3.85. The maximum absolute atomic E-state index is 11.9. The van der Waals surface area contributed by atoms with E-state index in [4.69, 9.17) is 9.98 Å². The Morgan fingerprint density at radius 1 is 1.45 bits per heavy atom. The first-order chi connectivity index (χ1) is 10.5. The van der Waals surface area contributed by atoms with Crippen LogP contribution in [0.3, 0.4) is 0 Å². The van der Waals surface area contributed by atoms with Crippen molar-refractivity contribution in [2.24, 2.45) is 5.14 Å². The van der Waals surface area contributed by atoms with E-state index in [1.165, 1.54) is 0 Å². The Hall–Kier alpha value is -1.61. The summed E-state index contributed by atoms with van der Waals surface area (Å²) in [6, 6.07) is 5.21. The number of nitrogens with two attached hydrogens (primary N) is 1. The highest BCUT2D eigenvalue weighted by molar-refractivity contribution is 7.89. The van der Waals surface area contributed by atoms with E-state index >= 15 is 0 Å². The Morgan fingerprint density at radius 2 is 2.27 bits per heavy atom. The summed E-state index contributed by atoms with van der Waals surface area (Å²) in [6.45, 7) is 2.71.